The van der Waals surface area contributed by atoms with Gasteiger partial charge in [0.1, 0.15) is 11.6 Å². The highest BCUT2D eigenvalue weighted by atomic mass is 16.5. The Kier molecular flexibility index (Phi) is 8.73. The minimum Gasteiger partial charge on any atom is -0.493 e. The van der Waals surface area contributed by atoms with Crippen molar-refractivity contribution < 1.29 is 23.7 Å². The molecular formula is C30H35N3O5. The number of nitrogens with zero attached hydrogens (tertiary/aromatic N) is 2. The fourth-order valence-electron chi connectivity index (χ4n) is 4.49. The van der Waals surface area contributed by atoms with E-state index in [1.165, 1.54) is 21.3 Å². The number of aromatic nitrogens is 2. The van der Waals surface area contributed by atoms with Gasteiger partial charge in [0.2, 0.25) is 5.75 Å². The number of unbranched alkanes of at least 4 members (excludes halogenated alkanes) is 1. The maximum absolute atomic E-state index is 13.2. The van der Waals surface area contributed by atoms with Crippen LogP contribution in [-0.2, 0) is 6.54 Å². The molecule has 0 saturated heterocycles. The number of methoxy groups -OCH3 is 3. The quantitative estimate of drug-likeness (QED) is 0.242. The Morgan fingerprint density at radius 2 is 1.61 bits per heavy atom. The molecule has 0 radical (unpaired) electrons. The largest absolute Gasteiger partial charge is 0.493 e. The Labute approximate surface area is 223 Å². The molecule has 4 aromatic rings. The lowest BCUT2D eigenvalue weighted by atomic mass is 10.1. The summed E-state index contributed by atoms with van der Waals surface area (Å²) in [5.41, 5.74) is 3.47. The number of carbonyl (C=O) groups is 1. The Bertz CT molecular complexity index is 1370. The third-order valence-corrected chi connectivity index (χ3v) is 6.47. The molecule has 0 bridgehead atoms. The summed E-state index contributed by atoms with van der Waals surface area (Å²) in [6, 6.07) is 19.0. The molecule has 1 heterocycles. The van der Waals surface area contributed by atoms with Crippen LogP contribution in [0.3, 0.4) is 0 Å². The molecule has 0 saturated carbocycles. The van der Waals surface area contributed by atoms with E-state index in [-0.39, 0.29) is 11.9 Å². The van der Waals surface area contributed by atoms with Crippen molar-refractivity contribution in [2.24, 2.45) is 0 Å². The lowest BCUT2D eigenvalue weighted by molar-refractivity contribution is 0.0936. The van der Waals surface area contributed by atoms with Crippen LogP contribution in [0.25, 0.3) is 11.0 Å². The summed E-state index contributed by atoms with van der Waals surface area (Å²) in [6.07, 6.45) is 1.80. The zero-order chi connectivity index (χ0) is 27.1. The van der Waals surface area contributed by atoms with E-state index in [2.05, 4.69) is 16.0 Å². The lowest BCUT2D eigenvalue weighted by Gasteiger charge is -2.18. The predicted octanol–water partition coefficient (Wildman–Crippen LogP) is 5.72. The smallest absolute Gasteiger partial charge is 0.252 e. The van der Waals surface area contributed by atoms with Crippen LogP contribution < -0.4 is 24.3 Å². The number of benzene rings is 3. The van der Waals surface area contributed by atoms with Gasteiger partial charge in [0.25, 0.3) is 5.91 Å². The minimum atomic E-state index is -0.336. The Balaban J connectivity index is 1.48. The molecule has 0 spiro atoms. The maximum Gasteiger partial charge on any atom is 0.252 e. The molecule has 200 valence electrons. The molecule has 1 amide bonds. The van der Waals surface area contributed by atoms with E-state index in [1.54, 1.807) is 12.1 Å². The molecule has 38 heavy (non-hydrogen) atoms. The number of nitrogens with one attached hydrogen (secondary N) is 1. The standard InChI is InChI=1S/C30H35N3O5/c1-20-12-6-9-15-25(20)38-17-11-10-16-33-24-14-8-7-13-23(24)32-29(33)21(2)31-30(34)22-18-26(35-3)28(37-5)27(19-22)36-4/h6-9,12-15,18-19,21H,10-11,16-17H2,1-5H3,(H,31,34). The Morgan fingerprint density at radius 3 is 2.29 bits per heavy atom. The van der Waals surface area contributed by atoms with Gasteiger partial charge in [-0.25, -0.2) is 4.98 Å². The fourth-order valence-corrected chi connectivity index (χ4v) is 4.49. The van der Waals surface area contributed by atoms with Crippen LogP contribution in [0.1, 0.15) is 47.6 Å². The van der Waals surface area contributed by atoms with E-state index >= 15 is 0 Å². The number of hydrogen-bond acceptors (Lipinski definition) is 6. The van der Waals surface area contributed by atoms with Gasteiger partial charge in [-0.2, -0.15) is 0 Å². The number of fused-ring (bicyclic) bond motifs is 1. The molecule has 0 aliphatic rings. The van der Waals surface area contributed by atoms with E-state index in [4.69, 9.17) is 23.9 Å². The predicted molar refractivity (Wildman–Crippen MR) is 148 cm³/mol. The first-order valence-electron chi connectivity index (χ1n) is 12.7. The molecule has 4 rings (SSSR count). The second kappa shape index (κ2) is 12.4. The Hall–Kier alpha value is -4.20. The van der Waals surface area contributed by atoms with Gasteiger partial charge in [-0.3, -0.25) is 4.79 Å². The van der Waals surface area contributed by atoms with Gasteiger partial charge in [0, 0.05) is 12.1 Å². The SMILES string of the molecule is COc1cc(C(=O)NC(C)c2nc3ccccc3n2CCCCOc2ccccc2C)cc(OC)c1OC. The monoisotopic (exact) mass is 517 g/mol. The average molecular weight is 518 g/mol. The van der Waals surface area contributed by atoms with Crippen LogP contribution in [0.2, 0.25) is 0 Å². The van der Waals surface area contributed by atoms with Crippen molar-refractivity contribution in [1.29, 1.82) is 0 Å². The summed E-state index contributed by atoms with van der Waals surface area (Å²) >= 11 is 0. The summed E-state index contributed by atoms with van der Waals surface area (Å²) in [5.74, 6) is 2.74. The molecule has 1 atom stereocenters. The first kappa shape index (κ1) is 26.9. The second-order valence-electron chi connectivity index (χ2n) is 9.04. The normalized spacial score (nSPS) is 11.7. The van der Waals surface area contributed by atoms with Gasteiger partial charge in [-0.1, -0.05) is 30.3 Å². The van der Waals surface area contributed by atoms with Crippen LogP contribution >= 0.6 is 0 Å². The summed E-state index contributed by atoms with van der Waals surface area (Å²) in [5, 5.41) is 3.08. The number of ether oxygens (including phenoxy) is 4. The van der Waals surface area contributed by atoms with Crippen LogP contribution in [0, 0.1) is 6.92 Å². The maximum atomic E-state index is 13.2. The first-order valence-corrected chi connectivity index (χ1v) is 12.7. The van der Waals surface area contributed by atoms with Crippen molar-refractivity contribution in [2.45, 2.75) is 39.3 Å². The van der Waals surface area contributed by atoms with Gasteiger partial charge in [0.05, 0.1) is 45.0 Å². The van der Waals surface area contributed by atoms with Crippen LogP contribution in [0.4, 0.5) is 0 Å². The number of carbonyl (C=O) groups excluding carboxylic acids is 1. The van der Waals surface area contributed by atoms with Crippen LogP contribution in [0.15, 0.2) is 60.7 Å². The number of para-hydroxylation sites is 3. The number of amides is 1. The van der Waals surface area contributed by atoms with Crippen molar-refractivity contribution in [3.63, 3.8) is 0 Å². The van der Waals surface area contributed by atoms with Crippen LogP contribution in [0.5, 0.6) is 23.0 Å². The number of rotatable bonds is 12. The number of aryl methyl sites for hydroxylation is 2. The van der Waals surface area contributed by atoms with Crippen molar-refractivity contribution >= 4 is 16.9 Å². The molecule has 1 aromatic heterocycles. The van der Waals surface area contributed by atoms with Crippen molar-refractivity contribution in [1.82, 2.24) is 14.9 Å². The molecule has 8 nitrogen and oxygen atoms in total. The van der Waals surface area contributed by atoms with E-state index in [9.17, 15) is 4.79 Å². The van der Waals surface area contributed by atoms with Crippen molar-refractivity contribution in [3.8, 4) is 23.0 Å². The van der Waals surface area contributed by atoms with Gasteiger partial charge < -0.3 is 28.8 Å². The molecule has 1 unspecified atom stereocenters. The fraction of sp³-hybridized carbons (Fsp3) is 0.333. The van der Waals surface area contributed by atoms with E-state index < -0.39 is 0 Å². The van der Waals surface area contributed by atoms with Gasteiger partial charge in [0.15, 0.2) is 11.5 Å². The number of hydrogen-bond donors (Lipinski definition) is 1. The summed E-state index contributed by atoms with van der Waals surface area (Å²) < 4.78 is 24.3. The highest BCUT2D eigenvalue weighted by Gasteiger charge is 2.21. The average Bonchev–Trinajstić information content (AvgIpc) is 3.31. The lowest BCUT2D eigenvalue weighted by Crippen LogP contribution is -2.29. The molecule has 0 aliphatic heterocycles. The van der Waals surface area contributed by atoms with Gasteiger partial charge in [-0.15, -0.1) is 0 Å². The summed E-state index contributed by atoms with van der Waals surface area (Å²) in [4.78, 5) is 18.1. The van der Waals surface area contributed by atoms with E-state index in [0.717, 1.165) is 47.6 Å². The second-order valence-corrected chi connectivity index (χ2v) is 9.04. The topological polar surface area (TPSA) is 83.8 Å². The molecule has 1 N–H and O–H groups in total. The van der Waals surface area contributed by atoms with Gasteiger partial charge in [-0.05, 0) is 62.6 Å². The van der Waals surface area contributed by atoms with E-state index in [0.29, 0.717) is 29.4 Å². The zero-order valence-electron chi connectivity index (χ0n) is 22.6. The molecule has 0 aliphatic carbocycles. The summed E-state index contributed by atoms with van der Waals surface area (Å²) in [7, 11) is 4.58. The summed E-state index contributed by atoms with van der Waals surface area (Å²) in [6.45, 7) is 5.39. The molecule has 8 heteroatoms. The van der Waals surface area contributed by atoms with Crippen LogP contribution in [-0.4, -0.2) is 43.4 Å². The van der Waals surface area contributed by atoms with Crippen molar-refractivity contribution in [2.75, 3.05) is 27.9 Å². The minimum absolute atomic E-state index is 0.262. The highest BCUT2D eigenvalue weighted by molar-refractivity contribution is 5.96. The zero-order valence-corrected chi connectivity index (χ0v) is 22.6. The molecular weight excluding hydrogens is 482 g/mol. The third-order valence-electron chi connectivity index (χ3n) is 6.47. The molecule has 3 aromatic carbocycles. The number of imidazole rings is 1. The third kappa shape index (κ3) is 5.85. The Morgan fingerprint density at radius 1 is 0.921 bits per heavy atom. The van der Waals surface area contributed by atoms with Crippen molar-refractivity contribution in [3.05, 3.63) is 77.6 Å². The van der Waals surface area contributed by atoms with E-state index in [1.807, 2.05) is 56.3 Å². The molecule has 0 fully saturated rings. The first-order chi connectivity index (χ1) is 18.5. The highest BCUT2D eigenvalue weighted by Crippen LogP contribution is 2.38. The van der Waals surface area contributed by atoms with Gasteiger partial charge >= 0.3 is 0 Å².